The number of hydrogen-bond donors (Lipinski definition) is 1. The molecule has 26 heavy (non-hydrogen) atoms. The van der Waals surface area contributed by atoms with E-state index >= 15 is 0 Å². The van der Waals surface area contributed by atoms with E-state index in [4.69, 9.17) is 4.74 Å². The van der Waals surface area contributed by atoms with Crippen molar-refractivity contribution >= 4 is 27.9 Å². The van der Waals surface area contributed by atoms with Gasteiger partial charge in [0, 0.05) is 24.0 Å². The third kappa shape index (κ3) is 6.31. The van der Waals surface area contributed by atoms with Crippen molar-refractivity contribution < 1.29 is 14.3 Å². The van der Waals surface area contributed by atoms with Crippen molar-refractivity contribution in [2.24, 2.45) is 0 Å². The minimum absolute atomic E-state index is 0.0642. The summed E-state index contributed by atoms with van der Waals surface area (Å²) < 4.78 is 6.33. The van der Waals surface area contributed by atoms with Gasteiger partial charge >= 0.3 is 6.09 Å². The average molecular weight is 425 g/mol. The number of carbonyl (C=O) groups is 2. The Labute approximate surface area is 164 Å². The van der Waals surface area contributed by atoms with Crippen LogP contribution in [-0.4, -0.2) is 41.6 Å². The Hall–Kier alpha value is -1.56. The molecule has 1 aliphatic carbocycles. The first kappa shape index (κ1) is 20.7. The lowest BCUT2D eigenvalue weighted by Crippen LogP contribution is -2.51. The topological polar surface area (TPSA) is 58.6 Å². The maximum atomic E-state index is 13.0. The largest absolute Gasteiger partial charge is 0.444 e. The second kappa shape index (κ2) is 8.89. The molecule has 1 fully saturated rings. The zero-order valence-electron chi connectivity index (χ0n) is 16.0. The molecule has 0 aromatic heterocycles. The zero-order chi connectivity index (χ0) is 19.3. The van der Waals surface area contributed by atoms with Crippen LogP contribution in [0, 0.1) is 0 Å². The lowest BCUT2D eigenvalue weighted by Gasteiger charge is -2.30. The number of hydrogen-bond acceptors (Lipinski definition) is 3. The van der Waals surface area contributed by atoms with Gasteiger partial charge in [-0.2, -0.15) is 0 Å². The molecule has 1 unspecified atom stereocenters. The molecule has 0 spiro atoms. The SMILES string of the molecule is CN(C(=O)C(Cc1ccc(Br)cc1)NC(=O)OC(C)(C)C)C1CCCC1. The number of carbonyl (C=O) groups excluding carboxylic acids is 2. The van der Waals surface area contributed by atoms with Gasteiger partial charge in [-0.3, -0.25) is 4.79 Å². The van der Waals surface area contributed by atoms with Gasteiger partial charge in [-0.15, -0.1) is 0 Å². The molecule has 2 rings (SSSR count). The fourth-order valence-electron chi connectivity index (χ4n) is 3.22. The summed E-state index contributed by atoms with van der Waals surface area (Å²) in [5.74, 6) is -0.0642. The summed E-state index contributed by atoms with van der Waals surface area (Å²) >= 11 is 3.42. The highest BCUT2D eigenvalue weighted by Crippen LogP contribution is 2.23. The molecule has 0 saturated heterocycles. The summed E-state index contributed by atoms with van der Waals surface area (Å²) in [6.45, 7) is 5.42. The van der Waals surface area contributed by atoms with Gasteiger partial charge in [0.1, 0.15) is 11.6 Å². The van der Waals surface area contributed by atoms with Crippen molar-refractivity contribution in [2.45, 2.75) is 70.6 Å². The molecule has 0 bridgehead atoms. The molecule has 1 atom stereocenters. The van der Waals surface area contributed by atoms with Gasteiger partial charge in [0.15, 0.2) is 0 Å². The van der Waals surface area contributed by atoms with Gasteiger partial charge < -0.3 is 15.0 Å². The molecule has 0 heterocycles. The van der Waals surface area contributed by atoms with Crippen molar-refractivity contribution in [1.29, 1.82) is 0 Å². The summed E-state index contributed by atoms with van der Waals surface area (Å²) in [5, 5.41) is 2.78. The van der Waals surface area contributed by atoms with Crippen LogP contribution in [0.2, 0.25) is 0 Å². The second-order valence-electron chi connectivity index (χ2n) is 7.92. The standard InChI is InChI=1S/C20H29BrN2O3/c1-20(2,3)26-19(25)22-17(13-14-9-11-15(21)12-10-14)18(24)23(4)16-7-5-6-8-16/h9-12,16-17H,5-8,13H2,1-4H3,(H,22,25). The highest BCUT2D eigenvalue weighted by Gasteiger charge is 2.31. The number of benzene rings is 1. The summed E-state index contributed by atoms with van der Waals surface area (Å²) in [6.07, 6.45) is 4.23. The van der Waals surface area contributed by atoms with E-state index in [0.29, 0.717) is 6.42 Å². The minimum atomic E-state index is -0.642. The number of alkyl carbamates (subject to hydrolysis) is 1. The molecule has 0 aliphatic heterocycles. The van der Waals surface area contributed by atoms with Gasteiger partial charge in [-0.25, -0.2) is 4.79 Å². The van der Waals surface area contributed by atoms with E-state index in [2.05, 4.69) is 21.2 Å². The van der Waals surface area contributed by atoms with Crippen LogP contribution in [0.15, 0.2) is 28.7 Å². The highest BCUT2D eigenvalue weighted by atomic mass is 79.9. The molecule has 1 N–H and O–H groups in total. The lowest BCUT2D eigenvalue weighted by molar-refractivity contribution is -0.134. The average Bonchev–Trinajstić information content (AvgIpc) is 3.07. The molecule has 144 valence electrons. The summed E-state index contributed by atoms with van der Waals surface area (Å²) in [7, 11) is 1.84. The van der Waals surface area contributed by atoms with Crippen LogP contribution in [0.3, 0.4) is 0 Å². The Bertz CT molecular complexity index is 619. The third-order valence-electron chi connectivity index (χ3n) is 4.56. The van der Waals surface area contributed by atoms with Crippen LogP contribution in [-0.2, 0) is 16.0 Å². The van der Waals surface area contributed by atoms with E-state index in [9.17, 15) is 9.59 Å². The van der Waals surface area contributed by atoms with Crippen LogP contribution < -0.4 is 5.32 Å². The molecular formula is C20H29BrN2O3. The van der Waals surface area contributed by atoms with Crippen molar-refractivity contribution in [3.8, 4) is 0 Å². The smallest absolute Gasteiger partial charge is 0.408 e. The van der Waals surface area contributed by atoms with Crippen molar-refractivity contribution in [1.82, 2.24) is 10.2 Å². The van der Waals surface area contributed by atoms with Crippen molar-refractivity contribution in [2.75, 3.05) is 7.05 Å². The highest BCUT2D eigenvalue weighted by molar-refractivity contribution is 9.10. The molecule has 1 saturated carbocycles. The van der Waals surface area contributed by atoms with E-state index in [-0.39, 0.29) is 11.9 Å². The number of likely N-dealkylation sites (N-methyl/N-ethyl adjacent to an activating group) is 1. The van der Waals surface area contributed by atoms with Crippen molar-refractivity contribution in [3.63, 3.8) is 0 Å². The van der Waals surface area contributed by atoms with Gasteiger partial charge in [0.05, 0.1) is 0 Å². The molecule has 6 heteroatoms. The predicted octanol–water partition coefficient (Wildman–Crippen LogP) is 4.29. The fraction of sp³-hybridized carbons (Fsp3) is 0.600. The molecule has 1 aliphatic rings. The maximum absolute atomic E-state index is 13.0. The van der Waals surface area contributed by atoms with Gasteiger partial charge in [-0.1, -0.05) is 40.9 Å². The summed E-state index contributed by atoms with van der Waals surface area (Å²) in [6, 6.07) is 7.40. The van der Waals surface area contributed by atoms with Crippen molar-refractivity contribution in [3.05, 3.63) is 34.3 Å². The molecule has 5 nitrogen and oxygen atoms in total. The van der Waals surface area contributed by atoms with Gasteiger partial charge in [-0.05, 0) is 51.3 Å². The molecule has 1 aromatic rings. The second-order valence-corrected chi connectivity index (χ2v) is 8.83. The number of ether oxygens (including phenoxy) is 1. The maximum Gasteiger partial charge on any atom is 0.408 e. The Morgan fingerprint density at radius 3 is 2.35 bits per heavy atom. The molecule has 1 aromatic carbocycles. The molecular weight excluding hydrogens is 396 g/mol. The first-order valence-corrected chi connectivity index (χ1v) is 9.95. The quantitative estimate of drug-likeness (QED) is 0.766. The lowest BCUT2D eigenvalue weighted by atomic mass is 10.0. The van der Waals surface area contributed by atoms with Gasteiger partial charge in [0.25, 0.3) is 0 Å². The number of amides is 2. The summed E-state index contributed by atoms with van der Waals surface area (Å²) in [4.78, 5) is 27.1. The monoisotopic (exact) mass is 424 g/mol. The predicted molar refractivity (Wildman–Crippen MR) is 106 cm³/mol. The van der Waals surface area contributed by atoms with Crippen LogP contribution in [0.5, 0.6) is 0 Å². The first-order valence-electron chi connectivity index (χ1n) is 9.16. The Kier molecular flexibility index (Phi) is 7.09. The van der Waals surface area contributed by atoms with E-state index in [1.165, 1.54) is 0 Å². The normalized spacial score (nSPS) is 16.2. The first-order chi connectivity index (χ1) is 12.2. The number of rotatable bonds is 5. The fourth-order valence-corrected chi connectivity index (χ4v) is 3.49. The summed E-state index contributed by atoms with van der Waals surface area (Å²) in [5.41, 5.74) is 0.384. The number of halogens is 1. The Morgan fingerprint density at radius 1 is 1.23 bits per heavy atom. The van der Waals surface area contributed by atoms with E-state index in [1.54, 1.807) is 4.90 Å². The Morgan fingerprint density at radius 2 is 1.81 bits per heavy atom. The minimum Gasteiger partial charge on any atom is -0.444 e. The number of nitrogens with one attached hydrogen (secondary N) is 1. The van der Waals surface area contributed by atoms with Gasteiger partial charge in [0.2, 0.25) is 5.91 Å². The molecule has 0 radical (unpaired) electrons. The van der Waals surface area contributed by atoms with Crippen LogP contribution in [0.25, 0.3) is 0 Å². The van der Waals surface area contributed by atoms with Crippen LogP contribution >= 0.6 is 15.9 Å². The van der Waals surface area contributed by atoms with Crippen LogP contribution in [0.4, 0.5) is 4.79 Å². The number of nitrogens with zero attached hydrogens (tertiary/aromatic N) is 1. The molecule has 2 amide bonds. The third-order valence-corrected chi connectivity index (χ3v) is 5.09. The van der Waals surface area contributed by atoms with E-state index in [1.807, 2.05) is 52.1 Å². The van der Waals surface area contributed by atoms with Crippen LogP contribution in [0.1, 0.15) is 52.0 Å². The van der Waals surface area contributed by atoms with E-state index in [0.717, 1.165) is 35.7 Å². The Balaban J connectivity index is 2.12. The van der Waals surface area contributed by atoms with E-state index < -0.39 is 17.7 Å². The zero-order valence-corrected chi connectivity index (χ0v) is 17.6.